The molecule has 0 saturated heterocycles. The number of sulfonamides is 1. The Bertz CT molecular complexity index is 878. The van der Waals surface area contributed by atoms with Crippen LogP contribution >= 0.6 is 0 Å². The zero-order valence-electron chi connectivity index (χ0n) is 12.6. The second-order valence-corrected chi connectivity index (χ2v) is 7.23. The van der Waals surface area contributed by atoms with E-state index in [-0.39, 0.29) is 4.90 Å². The number of hydrogen-bond acceptors (Lipinski definition) is 4. The predicted molar refractivity (Wildman–Crippen MR) is 82.8 cm³/mol. The number of benzene rings is 1. The second-order valence-electron chi connectivity index (χ2n) is 5.23. The van der Waals surface area contributed by atoms with Gasteiger partial charge in [-0.1, -0.05) is 18.2 Å². The van der Waals surface area contributed by atoms with Crippen LogP contribution in [0.25, 0.3) is 11.0 Å². The lowest BCUT2D eigenvalue weighted by Crippen LogP contribution is -2.29. The third-order valence-corrected chi connectivity index (χ3v) is 5.64. The van der Waals surface area contributed by atoms with Gasteiger partial charge in [-0.05, 0) is 19.1 Å². The summed E-state index contributed by atoms with van der Waals surface area (Å²) >= 11 is 0. The molecular formula is C15H17N3O3S. The maximum atomic E-state index is 12.6. The molecule has 1 unspecified atom stereocenters. The number of furan rings is 1. The molecule has 7 heteroatoms. The van der Waals surface area contributed by atoms with Crippen LogP contribution in [0.1, 0.15) is 18.7 Å². The molecular weight excluding hydrogens is 302 g/mol. The second kappa shape index (κ2) is 5.26. The van der Waals surface area contributed by atoms with E-state index >= 15 is 0 Å². The molecule has 3 rings (SSSR count). The first-order valence-electron chi connectivity index (χ1n) is 6.85. The third-order valence-electron chi connectivity index (χ3n) is 3.76. The van der Waals surface area contributed by atoms with Gasteiger partial charge in [-0.3, -0.25) is 4.68 Å². The van der Waals surface area contributed by atoms with E-state index in [1.165, 1.54) is 21.4 Å². The molecule has 116 valence electrons. The number of hydrogen-bond donors (Lipinski definition) is 0. The first-order valence-corrected chi connectivity index (χ1v) is 8.29. The van der Waals surface area contributed by atoms with E-state index in [9.17, 15) is 8.42 Å². The van der Waals surface area contributed by atoms with Gasteiger partial charge in [0.15, 0.2) is 0 Å². The molecule has 1 atom stereocenters. The van der Waals surface area contributed by atoms with Crippen molar-refractivity contribution in [3.05, 3.63) is 48.5 Å². The van der Waals surface area contributed by atoms with E-state index in [4.69, 9.17) is 4.42 Å². The van der Waals surface area contributed by atoms with E-state index in [1.807, 2.05) is 30.3 Å². The van der Waals surface area contributed by atoms with Gasteiger partial charge >= 0.3 is 0 Å². The van der Waals surface area contributed by atoms with Crippen molar-refractivity contribution < 1.29 is 12.8 Å². The Kier molecular flexibility index (Phi) is 3.54. The van der Waals surface area contributed by atoms with Gasteiger partial charge < -0.3 is 4.42 Å². The summed E-state index contributed by atoms with van der Waals surface area (Å²) in [7, 11) is -0.389. The van der Waals surface area contributed by atoms with Gasteiger partial charge in [-0.15, -0.1) is 0 Å². The maximum absolute atomic E-state index is 12.6. The van der Waals surface area contributed by atoms with Gasteiger partial charge in [0.25, 0.3) is 0 Å². The van der Waals surface area contributed by atoms with Crippen LogP contribution < -0.4 is 0 Å². The smallest absolute Gasteiger partial charge is 0.246 e. The van der Waals surface area contributed by atoms with Gasteiger partial charge in [-0.25, -0.2) is 8.42 Å². The van der Waals surface area contributed by atoms with Crippen molar-refractivity contribution in [1.82, 2.24) is 14.1 Å². The van der Waals surface area contributed by atoms with Crippen LogP contribution in [0.3, 0.4) is 0 Å². The minimum atomic E-state index is -3.61. The average Bonchev–Trinajstić information content (AvgIpc) is 3.11. The van der Waals surface area contributed by atoms with Crippen LogP contribution in [-0.2, 0) is 17.1 Å². The normalized spacial score (nSPS) is 13.8. The fourth-order valence-electron chi connectivity index (χ4n) is 2.29. The Morgan fingerprint density at radius 3 is 2.68 bits per heavy atom. The van der Waals surface area contributed by atoms with E-state index in [0.717, 1.165) is 11.0 Å². The Morgan fingerprint density at radius 2 is 2.05 bits per heavy atom. The van der Waals surface area contributed by atoms with E-state index < -0.39 is 16.1 Å². The summed E-state index contributed by atoms with van der Waals surface area (Å²) < 4.78 is 33.7. The van der Waals surface area contributed by atoms with Crippen molar-refractivity contribution >= 4 is 21.0 Å². The first kappa shape index (κ1) is 14.8. The molecule has 22 heavy (non-hydrogen) atoms. The Hall–Kier alpha value is -2.12. The molecule has 0 aliphatic carbocycles. The van der Waals surface area contributed by atoms with Crippen LogP contribution in [0, 0.1) is 0 Å². The average molecular weight is 319 g/mol. The molecule has 6 nitrogen and oxygen atoms in total. The summed E-state index contributed by atoms with van der Waals surface area (Å²) in [5, 5.41) is 4.87. The van der Waals surface area contributed by atoms with Crippen LogP contribution in [0.15, 0.2) is 52.0 Å². The highest BCUT2D eigenvalue weighted by molar-refractivity contribution is 7.89. The molecule has 0 bridgehead atoms. The maximum Gasteiger partial charge on any atom is 0.246 e. The topological polar surface area (TPSA) is 68.3 Å². The lowest BCUT2D eigenvalue weighted by molar-refractivity contribution is 0.348. The van der Waals surface area contributed by atoms with Crippen molar-refractivity contribution in [2.45, 2.75) is 17.9 Å². The molecule has 0 aliphatic rings. The van der Waals surface area contributed by atoms with Gasteiger partial charge in [0.05, 0.1) is 12.2 Å². The Balaban J connectivity index is 1.95. The molecule has 0 aliphatic heterocycles. The molecule has 3 aromatic rings. The minimum absolute atomic E-state index is 0.167. The molecule has 0 saturated carbocycles. The predicted octanol–water partition coefficient (Wildman–Crippen LogP) is 2.55. The lowest BCUT2D eigenvalue weighted by Gasteiger charge is -2.21. The number of fused-ring (bicyclic) bond motifs is 1. The monoisotopic (exact) mass is 319 g/mol. The van der Waals surface area contributed by atoms with Crippen molar-refractivity contribution in [3.63, 3.8) is 0 Å². The summed E-state index contributed by atoms with van der Waals surface area (Å²) in [6, 6.07) is 9.05. The molecule has 1 aromatic carbocycles. The standard InChI is InChI=1S/C15H17N3O3S/c1-11(15-8-12-6-4-5-7-14(12)21-15)18(3)22(19,20)13-9-16-17(2)10-13/h4-11H,1-3H3. The molecule has 0 amide bonds. The minimum Gasteiger partial charge on any atom is -0.459 e. The van der Waals surface area contributed by atoms with Crippen LogP contribution in [0.4, 0.5) is 0 Å². The highest BCUT2D eigenvalue weighted by atomic mass is 32.2. The molecule has 0 radical (unpaired) electrons. The number of para-hydroxylation sites is 1. The molecule has 2 aromatic heterocycles. The molecule has 0 spiro atoms. The zero-order valence-corrected chi connectivity index (χ0v) is 13.4. The fraction of sp³-hybridized carbons (Fsp3) is 0.267. The Labute approximate surface area is 129 Å². The van der Waals surface area contributed by atoms with E-state index in [2.05, 4.69) is 5.10 Å². The van der Waals surface area contributed by atoms with Crippen molar-refractivity contribution in [2.24, 2.45) is 7.05 Å². The van der Waals surface area contributed by atoms with E-state index in [1.54, 1.807) is 21.0 Å². The third kappa shape index (κ3) is 2.42. The highest BCUT2D eigenvalue weighted by Gasteiger charge is 2.29. The lowest BCUT2D eigenvalue weighted by atomic mass is 10.2. The zero-order chi connectivity index (χ0) is 15.9. The highest BCUT2D eigenvalue weighted by Crippen LogP contribution is 2.29. The van der Waals surface area contributed by atoms with Gasteiger partial charge in [0.2, 0.25) is 10.0 Å². The largest absolute Gasteiger partial charge is 0.459 e. The first-order chi connectivity index (χ1) is 10.4. The SMILES string of the molecule is CC(c1cc2ccccc2o1)N(C)S(=O)(=O)c1cnn(C)c1. The van der Waals surface area contributed by atoms with Gasteiger partial charge in [0.1, 0.15) is 16.2 Å². The number of nitrogens with zero attached hydrogens (tertiary/aromatic N) is 3. The summed E-state index contributed by atoms with van der Waals surface area (Å²) in [5.74, 6) is 0.608. The summed E-state index contributed by atoms with van der Waals surface area (Å²) in [5.41, 5.74) is 0.747. The van der Waals surface area contributed by atoms with Crippen molar-refractivity contribution in [2.75, 3.05) is 7.05 Å². The van der Waals surface area contributed by atoms with Crippen molar-refractivity contribution in [3.8, 4) is 0 Å². The van der Waals surface area contributed by atoms with Crippen molar-refractivity contribution in [1.29, 1.82) is 0 Å². The Morgan fingerprint density at radius 1 is 1.32 bits per heavy atom. The number of rotatable bonds is 4. The summed E-state index contributed by atoms with van der Waals surface area (Å²) in [6.45, 7) is 1.80. The number of aromatic nitrogens is 2. The fourth-order valence-corrected chi connectivity index (χ4v) is 3.61. The summed E-state index contributed by atoms with van der Waals surface area (Å²) in [6.07, 6.45) is 2.83. The van der Waals surface area contributed by atoms with Crippen LogP contribution in [-0.4, -0.2) is 29.6 Å². The number of aryl methyl sites for hydroxylation is 1. The van der Waals surface area contributed by atoms with Gasteiger partial charge in [-0.2, -0.15) is 9.40 Å². The molecule has 0 N–H and O–H groups in total. The van der Waals surface area contributed by atoms with E-state index in [0.29, 0.717) is 5.76 Å². The molecule has 0 fully saturated rings. The quantitative estimate of drug-likeness (QED) is 0.741. The molecule has 2 heterocycles. The van der Waals surface area contributed by atoms with Crippen LogP contribution in [0.2, 0.25) is 0 Å². The summed E-state index contributed by atoms with van der Waals surface area (Å²) in [4.78, 5) is 0.167. The van der Waals surface area contributed by atoms with Gasteiger partial charge in [0, 0.05) is 25.7 Å². The van der Waals surface area contributed by atoms with Crippen LogP contribution in [0.5, 0.6) is 0 Å².